The van der Waals surface area contributed by atoms with Crippen LogP contribution in [-0.2, 0) is 6.54 Å². The first kappa shape index (κ1) is 15.5. The fourth-order valence-electron chi connectivity index (χ4n) is 3.24. The SMILES string of the molecule is CCn1ncc2c1NC(C)=CC2c1cccc(Oc2ccccc2)c1. The zero-order valence-electron chi connectivity index (χ0n) is 14.4. The minimum Gasteiger partial charge on any atom is -0.457 e. The number of nitrogens with zero attached hydrogens (tertiary/aromatic N) is 2. The maximum absolute atomic E-state index is 5.99. The van der Waals surface area contributed by atoms with E-state index in [0.717, 1.165) is 29.6 Å². The van der Waals surface area contributed by atoms with Crippen LogP contribution in [0.25, 0.3) is 0 Å². The number of ether oxygens (including phenoxy) is 1. The summed E-state index contributed by atoms with van der Waals surface area (Å²) in [5, 5.41) is 7.95. The Balaban J connectivity index is 1.69. The predicted molar refractivity (Wildman–Crippen MR) is 100 cm³/mol. The Morgan fingerprint density at radius 3 is 2.68 bits per heavy atom. The van der Waals surface area contributed by atoms with Gasteiger partial charge in [-0.15, -0.1) is 0 Å². The molecule has 0 spiro atoms. The summed E-state index contributed by atoms with van der Waals surface area (Å²) in [6, 6.07) is 18.2. The number of fused-ring (bicyclic) bond motifs is 1. The molecule has 4 heteroatoms. The van der Waals surface area contributed by atoms with E-state index in [1.165, 1.54) is 11.1 Å². The van der Waals surface area contributed by atoms with E-state index in [1.807, 2.05) is 53.3 Å². The summed E-state index contributed by atoms with van der Waals surface area (Å²) >= 11 is 0. The van der Waals surface area contributed by atoms with Gasteiger partial charge in [0.2, 0.25) is 0 Å². The summed E-state index contributed by atoms with van der Waals surface area (Å²) in [6.45, 7) is 5.04. The van der Waals surface area contributed by atoms with Crippen LogP contribution in [0.1, 0.15) is 30.9 Å². The van der Waals surface area contributed by atoms with Crippen molar-refractivity contribution in [3.8, 4) is 11.5 Å². The summed E-state index contributed by atoms with van der Waals surface area (Å²) in [5.74, 6) is 2.95. The number of para-hydroxylation sites is 1. The number of benzene rings is 2. The number of hydrogen-bond donors (Lipinski definition) is 1. The fraction of sp³-hybridized carbons (Fsp3) is 0.190. The van der Waals surface area contributed by atoms with Gasteiger partial charge in [-0.1, -0.05) is 36.4 Å². The molecule has 0 amide bonds. The number of nitrogens with one attached hydrogen (secondary N) is 1. The van der Waals surface area contributed by atoms with Gasteiger partial charge in [-0.05, 0) is 43.7 Å². The number of hydrogen-bond acceptors (Lipinski definition) is 3. The second-order valence-corrected chi connectivity index (χ2v) is 6.20. The second-order valence-electron chi connectivity index (χ2n) is 6.20. The van der Waals surface area contributed by atoms with E-state index in [4.69, 9.17) is 4.74 Å². The lowest BCUT2D eigenvalue weighted by Gasteiger charge is -2.23. The van der Waals surface area contributed by atoms with Crippen LogP contribution < -0.4 is 10.1 Å². The summed E-state index contributed by atoms with van der Waals surface area (Å²) in [5.41, 5.74) is 3.54. The smallest absolute Gasteiger partial charge is 0.132 e. The van der Waals surface area contributed by atoms with Crippen molar-refractivity contribution in [3.05, 3.63) is 83.7 Å². The van der Waals surface area contributed by atoms with E-state index >= 15 is 0 Å². The van der Waals surface area contributed by atoms with E-state index in [2.05, 4.69) is 42.5 Å². The molecule has 0 saturated heterocycles. The average Bonchev–Trinajstić information content (AvgIpc) is 3.05. The molecule has 1 N–H and O–H groups in total. The number of aromatic nitrogens is 2. The topological polar surface area (TPSA) is 39.1 Å². The van der Waals surface area contributed by atoms with Crippen molar-refractivity contribution in [2.45, 2.75) is 26.3 Å². The van der Waals surface area contributed by atoms with Gasteiger partial charge in [-0.3, -0.25) is 0 Å². The highest BCUT2D eigenvalue weighted by Gasteiger charge is 2.24. The van der Waals surface area contributed by atoms with Crippen molar-refractivity contribution < 1.29 is 4.74 Å². The molecule has 126 valence electrons. The Hall–Kier alpha value is -3.01. The molecule has 0 bridgehead atoms. The van der Waals surface area contributed by atoms with Crippen LogP contribution in [0.4, 0.5) is 5.82 Å². The number of anilines is 1. The van der Waals surface area contributed by atoms with Crippen LogP contribution in [0.5, 0.6) is 11.5 Å². The van der Waals surface area contributed by atoms with E-state index in [9.17, 15) is 0 Å². The van der Waals surface area contributed by atoms with Crippen LogP contribution in [0, 0.1) is 0 Å². The molecule has 4 rings (SSSR count). The Kier molecular flexibility index (Phi) is 4.02. The summed E-state index contributed by atoms with van der Waals surface area (Å²) < 4.78 is 8.00. The van der Waals surface area contributed by atoms with E-state index in [-0.39, 0.29) is 5.92 Å². The minimum atomic E-state index is 0.177. The van der Waals surface area contributed by atoms with Crippen LogP contribution in [0.15, 0.2) is 72.6 Å². The quantitative estimate of drug-likeness (QED) is 0.718. The largest absolute Gasteiger partial charge is 0.457 e. The van der Waals surface area contributed by atoms with Gasteiger partial charge in [0.25, 0.3) is 0 Å². The third-order valence-electron chi connectivity index (χ3n) is 4.43. The Labute approximate surface area is 147 Å². The molecule has 0 aliphatic carbocycles. The lowest BCUT2D eigenvalue weighted by molar-refractivity contribution is 0.482. The van der Waals surface area contributed by atoms with Crippen LogP contribution in [0.2, 0.25) is 0 Å². The molecule has 0 saturated carbocycles. The number of aryl methyl sites for hydroxylation is 1. The Bertz CT molecular complexity index is 912. The molecule has 3 aromatic rings. The van der Waals surface area contributed by atoms with Gasteiger partial charge < -0.3 is 10.1 Å². The van der Waals surface area contributed by atoms with Gasteiger partial charge >= 0.3 is 0 Å². The Morgan fingerprint density at radius 1 is 1.08 bits per heavy atom. The van der Waals surface area contributed by atoms with Gasteiger partial charge in [0.15, 0.2) is 0 Å². The van der Waals surface area contributed by atoms with Crippen molar-refractivity contribution in [2.24, 2.45) is 0 Å². The molecule has 1 unspecified atom stereocenters. The molecular formula is C21H21N3O. The highest BCUT2D eigenvalue weighted by Crippen LogP contribution is 2.38. The minimum absolute atomic E-state index is 0.177. The standard InChI is InChI=1S/C21H21N3O/c1-3-24-21-20(14-22-24)19(12-15(2)23-21)16-8-7-11-18(13-16)25-17-9-5-4-6-10-17/h4-14,19,23H,3H2,1-2H3. The molecule has 2 aromatic carbocycles. The van der Waals surface area contributed by atoms with Crippen LogP contribution >= 0.6 is 0 Å². The first-order valence-corrected chi connectivity index (χ1v) is 8.58. The van der Waals surface area contributed by atoms with E-state index in [0.29, 0.717) is 0 Å². The zero-order valence-corrected chi connectivity index (χ0v) is 14.4. The van der Waals surface area contributed by atoms with Crippen molar-refractivity contribution in [1.29, 1.82) is 0 Å². The van der Waals surface area contributed by atoms with Gasteiger partial charge in [0, 0.05) is 23.7 Å². The van der Waals surface area contributed by atoms with Gasteiger partial charge in [-0.2, -0.15) is 5.10 Å². The number of rotatable bonds is 4. The van der Waals surface area contributed by atoms with Gasteiger partial charge in [0.1, 0.15) is 17.3 Å². The summed E-state index contributed by atoms with van der Waals surface area (Å²) in [7, 11) is 0. The maximum atomic E-state index is 5.99. The first-order valence-electron chi connectivity index (χ1n) is 8.58. The highest BCUT2D eigenvalue weighted by atomic mass is 16.5. The van der Waals surface area contributed by atoms with Crippen LogP contribution in [0.3, 0.4) is 0 Å². The first-order chi connectivity index (χ1) is 12.2. The zero-order chi connectivity index (χ0) is 17.2. The van der Waals surface area contributed by atoms with E-state index in [1.54, 1.807) is 0 Å². The van der Waals surface area contributed by atoms with Gasteiger partial charge in [-0.25, -0.2) is 4.68 Å². The van der Waals surface area contributed by atoms with Crippen molar-refractivity contribution in [1.82, 2.24) is 9.78 Å². The predicted octanol–water partition coefficient (Wildman–Crippen LogP) is 5.16. The lowest BCUT2D eigenvalue weighted by atomic mass is 9.90. The Morgan fingerprint density at radius 2 is 1.88 bits per heavy atom. The molecule has 1 aromatic heterocycles. The van der Waals surface area contributed by atoms with Crippen molar-refractivity contribution in [3.63, 3.8) is 0 Å². The molecular weight excluding hydrogens is 310 g/mol. The molecule has 25 heavy (non-hydrogen) atoms. The molecule has 2 heterocycles. The van der Waals surface area contributed by atoms with Crippen molar-refractivity contribution >= 4 is 5.82 Å². The fourth-order valence-corrected chi connectivity index (χ4v) is 3.24. The van der Waals surface area contributed by atoms with Crippen molar-refractivity contribution in [2.75, 3.05) is 5.32 Å². The molecule has 0 radical (unpaired) electrons. The second kappa shape index (κ2) is 6.48. The average molecular weight is 331 g/mol. The molecule has 4 nitrogen and oxygen atoms in total. The normalized spacial score (nSPS) is 15.9. The van der Waals surface area contributed by atoms with Crippen LogP contribution in [-0.4, -0.2) is 9.78 Å². The number of allylic oxidation sites excluding steroid dienone is 2. The lowest BCUT2D eigenvalue weighted by Crippen LogP contribution is -2.13. The monoisotopic (exact) mass is 331 g/mol. The van der Waals surface area contributed by atoms with E-state index < -0.39 is 0 Å². The highest BCUT2D eigenvalue weighted by molar-refractivity contribution is 5.59. The molecule has 1 aliphatic rings. The summed E-state index contributed by atoms with van der Waals surface area (Å²) in [6.07, 6.45) is 4.20. The summed E-state index contributed by atoms with van der Waals surface area (Å²) in [4.78, 5) is 0. The molecule has 0 fully saturated rings. The maximum Gasteiger partial charge on any atom is 0.132 e. The third-order valence-corrected chi connectivity index (χ3v) is 4.43. The van der Waals surface area contributed by atoms with Gasteiger partial charge in [0.05, 0.1) is 6.20 Å². The molecule has 1 atom stereocenters. The third kappa shape index (κ3) is 3.03. The molecule has 1 aliphatic heterocycles.